The molecule has 0 spiro atoms. The molecule has 0 unspecified atom stereocenters. The lowest BCUT2D eigenvalue weighted by atomic mass is 10.2. The zero-order valence-corrected chi connectivity index (χ0v) is 12.6. The lowest BCUT2D eigenvalue weighted by molar-refractivity contribution is 1.16. The molecule has 6 heteroatoms. The van der Waals surface area contributed by atoms with Gasteiger partial charge in [-0.15, -0.1) is 0 Å². The van der Waals surface area contributed by atoms with Gasteiger partial charge in [-0.1, -0.05) is 24.3 Å². The summed E-state index contributed by atoms with van der Waals surface area (Å²) in [6.45, 7) is 0. The van der Waals surface area contributed by atoms with Gasteiger partial charge in [-0.2, -0.15) is 15.5 Å². The van der Waals surface area contributed by atoms with Crippen LogP contribution in [-0.2, 0) is 0 Å². The third-order valence-electron chi connectivity index (χ3n) is 3.26. The molecule has 3 rings (SSSR count). The molecule has 1 aromatic heterocycles. The molecule has 0 aliphatic heterocycles. The number of nitrogens with one attached hydrogen (secondary N) is 2. The summed E-state index contributed by atoms with van der Waals surface area (Å²) < 4.78 is 0. The van der Waals surface area contributed by atoms with E-state index in [-0.39, 0.29) is 0 Å². The topological polar surface area (TPSA) is 97.4 Å². The Bertz CT molecular complexity index is 877. The minimum Gasteiger partial charge on any atom is -0.339 e. The average Bonchev–Trinajstić information content (AvgIpc) is 2.63. The average molecular weight is 312 g/mol. The maximum Gasteiger partial charge on any atom is 0.229 e. The molecule has 0 amide bonds. The van der Waals surface area contributed by atoms with Crippen molar-refractivity contribution >= 4 is 23.1 Å². The Labute approximate surface area is 139 Å². The van der Waals surface area contributed by atoms with Gasteiger partial charge < -0.3 is 10.6 Å². The third kappa shape index (κ3) is 3.29. The van der Waals surface area contributed by atoms with E-state index in [0.717, 1.165) is 0 Å². The summed E-state index contributed by atoms with van der Waals surface area (Å²) in [5.74, 6) is 0.904. The highest BCUT2D eigenvalue weighted by atomic mass is 15.1. The molecule has 0 saturated heterocycles. The van der Waals surface area contributed by atoms with Crippen LogP contribution in [0.15, 0.2) is 60.8 Å². The van der Waals surface area contributed by atoms with E-state index in [1.54, 1.807) is 48.7 Å². The van der Waals surface area contributed by atoms with Crippen molar-refractivity contribution in [3.05, 3.63) is 71.9 Å². The summed E-state index contributed by atoms with van der Waals surface area (Å²) in [7, 11) is 0. The fraction of sp³-hybridized carbons (Fsp3) is 0. The molecule has 6 nitrogen and oxygen atoms in total. The fourth-order valence-corrected chi connectivity index (χ4v) is 2.13. The molecular formula is C18H12N6. The normalized spacial score (nSPS) is 9.58. The van der Waals surface area contributed by atoms with Crippen LogP contribution in [0.2, 0.25) is 0 Å². The summed E-state index contributed by atoms with van der Waals surface area (Å²) in [5.41, 5.74) is 2.34. The first-order valence-electron chi connectivity index (χ1n) is 7.15. The smallest absolute Gasteiger partial charge is 0.229 e. The van der Waals surface area contributed by atoms with E-state index in [1.807, 2.05) is 12.1 Å². The lowest BCUT2D eigenvalue weighted by Gasteiger charge is -2.10. The Hall–Kier alpha value is -3.90. The number of aromatic nitrogens is 2. The molecule has 0 saturated carbocycles. The minimum atomic E-state index is 0.358. The molecule has 0 bridgehead atoms. The van der Waals surface area contributed by atoms with Crippen LogP contribution in [0.1, 0.15) is 11.1 Å². The summed E-state index contributed by atoms with van der Waals surface area (Å²) in [6, 6.07) is 20.2. The standard InChI is InChI=1S/C18H12N6/c19-11-13-5-1-3-7-15(13)22-17-9-10-21-18(24-17)23-16-8-4-2-6-14(16)12-20/h1-10H,(H2,21,22,23,24). The van der Waals surface area contributed by atoms with Crippen LogP contribution in [0, 0.1) is 22.7 Å². The number of para-hydroxylation sites is 2. The fourth-order valence-electron chi connectivity index (χ4n) is 2.13. The monoisotopic (exact) mass is 312 g/mol. The van der Waals surface area contributed by atoms with Crippen molar-refractivity contribution in [2.24, 2.45) is 0 Å². The van der Waals surface area contributed by atoms with Gasteiger partial charge in [0.1, 0.15) is 18.0 Å². The first-order valence-corrected chi connectivity index (χ1v) is 7.15. The molecule has 3 aromatic rings. The predicted molar refractivity (Wildman–Crippen MR) is 90.9 cm³/mol. The second kappa shape index (κ2) is 6.91. The van der Waals surface area contributed by atoms with Crippen molar-refractivity contribution in [3.8, 4) is 12.1 Å². The van der Waals surface area contributed by atoms with E-state index < -0.39 is 0 Å². The highest BCUT2D eigenvalue weighted by Crippen LogP contribution is 2.21. The quantitative estimate of drug-likeness (QED) is 0.762. The molecular weight excluding hydrogens is 300 g/mol. The zero-order chi connectivity index (χ0) is 16.8. The maximum atomic E-state index is 9.14. The second-order valence-corrected chi connectivity index (χ2v) is 4.83. The second-order valence-electron chi connectivity index (χ2n) is 4.83. The maximum absolute atomic E-state index is 9.14. The highest BCUT2D eigenvalue weighted by molar-refractivity contribution is 5.66. The molecule has 0 fully saturated rings. The Kier molecular flexibility index (Phi) is 4.32. The van der Waals surface area contributed by atoms with Gasteiger partial charge in [0.2, 0.25) is 5.95 Å². The molecule has 0 aliphatic carbocycles. The van der Waals surface area contributed by atoms with E-state index in [1.165, 1.54) is 0 Å². The number of nitriles is 2. The molecule has 2 aromatic carbocycles. The summed E-state index contributed by atoms with van der Waals surface area (Å²) in [4.78, 5) is 8.52. The van der Waals surface area contributed by atoms with Crippen LogP contribution in [-0.4, -0.2) is 9.97 Å². The van der Waals surface area contributed by atoms with Gasteiger partial charge in [-0.05, 0) is 30.3 Å². The Morgan fingerprint density at radius 2 is 1.33 bits per heavy atom. The van der Waals surface area contributed by atoms with Crippen LogP contribution >= 0.6 is 0 Å². The predicted octanol–water partition coefficient (Wildman–Crippen LogP) is 3.71. The van der Waals surface area contributed by atoms with Crippen LogP contribution in [0.3, 0.4) is 0 Å². The Morgan fingerprint density at radius 3 is 1.96 bits per heavy atom. The minimum absolute atomic E-state index is 0.358. The number of anilines is 4. The number of nitrogens with zero attached hydrogens (tertiary/aromatic N) is 4. The Balaban J connectivity index is 1.85. The van der Waals surface area contributed by atoms with E-state index in [2.05, 4.69) is 32.7 Å². The molecule has 2 N–H and O–H groups in total. The first-order chi connectivity index (χ1) is 11.8. The molecule has 24 heavy (non-hydrogen) atoms. The third-order valence-corrected chi connectivity index (χ3v) is 3.26. The van der Waals surface area contributed by atoms with E-state index >= 15 is 0 Å². The SMILES string of the molecule is N#Cc1ccccc1Nc1ccnc(Nc2ccccc2C#N)n1. The van der Waals surface area contributed by atoms with Crippen LogP contribution < -0.4 is 10.6 Å². The van der Waals surface area contributed by atoms with Gasteiger partial charge in [0.25, 0.3) is 0 Å². The van der Waals surface area contributed by atoms with Crippen molar-refractivity contribution in [3.63, 3.8) is 0 Å². The van der Waals surface area contributed by atoms with E-state index in [9.17, 15) is 0 Å². The van der Waals surface area contributed by atoms with Gasteiger partial charge in [-0.3, -0.25) is 0 Å². The van der Waals surface area contributed by atoms with Gasteiger partial charge in [0, 0.05) is 6.20 Å². The molecule has 114 valence electrons. The van der Waals surface area contributed by atoms with Crippen molar-refractivity contribution in [1.82, 2.24) is 9.97 Å². The van der Waals surface area contributed by atoms with Crippen LogP contribution in [0.5, 0.6) is 0 Å². The van der Waals surface area contributed by atoms with E-state index in [4.69, 9.17) is 10.5 Å². The van der Waals surface area contributed by atoms with Gasteiger partial charge >= 0.3 is 0 Å². The van der Waals surface area contributed by atoms with Gasteiger partial charge in [0.05, 0.1) is 22.5 Å². The van der Waals surface area contributed by atoms with Crippen molar-refractivity contribution in [2.75, 3.05) is 10.6 Å². The van der Waals surface area contributed by atoms with Crippen LogP contribution in [0.25, 0.3) is 0 Å². The number of benzene rings is 2. The van der Waals surface area contributed by atoms with Gasteiger partial charge in [0.15, 0.2) is 0 Å². The van der Waals surface area contributed by atoms with Gasteiger partial charge in [-0.25, -0.2) is 4.98 Å². The molecule has 0 atom stereocenters. The van der Waals surface area contributed by atoms with E-state index in [0.29, 0.717) is 34.3 Å². The van der Waals surface area contributed by atoms with Crippen molar-refractivity contribution in [2.45, 2.75) is 0 Å². The summed E-state index contributed by atoms with van der Waals surface area (Å²) in [5, 5.41) is 24.4. The number of hydrogen-bond donors (Lipinski definition) is 2. The Morgan fingerprint density at radius 1 is 0.750 bits per heavy atom. The first kappa shape index (κ1) is 15.0. The largest absolute Gasteiger partial charge is 0.339 e. The molecule has 0 radical (unpaired) electrons. The van der Waals surface area contributed by atoms with Crippen molar-refractivity contribution in [1.29, 1.82) is 10.5 Å². The number of hydrogen-bond acceptors (Lipinski definition) is 6. The lowest BCUT2D eigenvalue weighted by Crippen LogP contribution is -2.02. The molecule has 1 heterocycles. The van der Waals surface area contributed by atoms with Crippen molar-refractivity contribution < 1.29 is 0 Å². The van der Waals surface area contributed by atoms with Crippen LogP contribution in [0.4, 0.5) is 23.1 Å². The number of rotatable bonds is 4. The highest BCUT2D eigenvalue weighted by Gasteiger charge is 2.06. The summed E-state index contributed by atoms with van der Waals surface area (Å²) >= 11 is 0. The molecule has 0 aliphatic rings. The summed E-state index contributed by atoms with van der Waals surface area (Å²) in [6.07, 6.45) is 1.60. The zero-order valence-electron chi connectivity index (χ0n) is 12.6.